The number of hydrogen-bond donors (Lipinski definition) is 0. The molecule has 1 fully saturated rings. The maximum Gasteiger partial charge on any atom is 0.391 e. The van der Waals surface area contributed by atoms with Crippen LogP contribution in [0.4, 0.5) is 13.2 Å². The minimum Gasteiger partial charge on any atom is -0.468 e. The zero-order valence-electron chi connectivity index (χ0n) is 14.1. The lowest BCUT2D eigenvalue weighted by molar-refractivity contribution is -0.184. The number of benzene rings is 1. The Morgan fingerprint density at radius 2 is 1.85 bits per heavy atom. The first-order valence-electron chi connectivity index (χ1n) is 8.35. The fourth-order valence-electron chi connectivity index (χ4n) is 3.41. The van der Waals surface area contributed by atoms with Gasteiger partial charge in [-0.3, -0.25) is 9.59 Å². The second-order valence-electron chi connectivity index (χ2n) is 6.47. The summed E-state index contributed by atoms with van der Waals surface area (Å²) >= 11 is 1.23. The summed E-state index contributed by atoms with van der Waals surface area (Å²) in [6, 6.07) is 7.25. The summed E-state index contributed by atoms with van der Waals surface area (Å²) in [6.07, 6.45) is -4.16. The van der Waals surface area contributed by atoms with Crippen LogP contribution in [0.3, 0.4) is 0 Å². The SMILES string of the molecule is COC(=O)C(C(=O)C1CCC(C(F)(F)F)CC1)c1nc2ccccc2s1. The van der Waals surface area contributed by atoms with Gasteiger partial charge in [-0.15, -0.1) is 11.3 Å². The number of rotatable bonds is 4. The molecule has 1 aromatic heterocycles. The average Bonchev–Trinajstić information content (AvgIpc) is 3.04. The molecule has 0 spiro atoms. The van der Waals surface area contributed by atoms with E-state index in [-0.39, 0.29) is 25.7 Å². The Bertz CT molecular complexity index is 776. The Hall–Kier alpha value is -1.96. The van der Waals surface area contributed by atoms with Gasteiger partial charge in [-0.05, 0) is 37.8 Å². The van der Waals surface area contributed by atoms with Crippen LogP contribution in [0.25, 0.3) is 10.2 Å². The Labute approximate surface area is 152 Å². The van der Waals surface area contributed by atoms with Gasteiger partial charge in [-0.1, -0.05) is 12.1 Å². The minimum absolute atomic E-state index is 0.0896. The van der Waals surface area contributed by atoms with Crippen molar-refractivity contribution in [2.24, 2.45) is 11.8 Å². The van der Waals surface area contributed by atoms with Crippen molar-refractivity contribution in [3.63, 3.8) is 0 Å². The predicted molar refractivity (Wildman–Crippen MR) is 90.9 cm³/mol. The molecule has 1 heterocycles. The zero-order valence-corrected chi connectivity index (χ0v) is 14.9. The molecule has 8 heteroatoms. The van der Waals surface area contributed by atoms with Crippen LogP contribution in [0.1, 0.15) is 36.6 Å². The van der Waals surface area contributed by atoms with Crippen molar-refractivity contribution < 1.29 is 27.5 Å². The number of ether oxygens (including phenoxy) is 1. The lowest BCUT2D eigenvalue weighted by Gasteiger charge is -2.30. The van der Waals surface area contributed by atoms with Gasteiger partial charge in [0.25, 0.3) is 0 Å². The second-order valence-corrected chi connectivity index (χ2v) is 7.53. The number of carbonyl (C=O) groups excluding carboxylic acids is 2. The van der Waals surface area contributed by atoms with Crippen LogP contribution >= 0.6 is 11.3 Å². The lowest BCUT2D eigenvalue weighted by atomic mass is 9.77. The molecule has 0 N–H and O–H groups in total. The van der Waals surface area contributed by atoms with Gasteiger partial charge < -0.3 is 4.74 Å². The number of carbonyl (C=O) groups is 2. The highest BCUT2D eigenvalue weighted by Gasteiger charge is 2.44. The van der Waals surface area contributed by atoms with Crippen molar-refractivity contribution in [2.45, 2.75) is 37.8 Å². The number of ketones is 1. The van der Waals surface area contributed by atoms with Gasteiger partial charge in [0.2, 0.25) is 0 Å². The molecule has 0 amide bonds. The fraction of sp³-hybridized carbons (Fsp3) is 0.500. The van der Waals surface area contributed by atoms with Gasteiger partial charge in [0.1, 0.15) is 5.01 Å². The quantitative estimate of drug-likeness (QED) is 0.575. The number of aromatic nitrogens is 1. The van der Waals surface area contributed by atoms with Crippen molar-refractivity contribution in [3.05, 3.63) is 29.3 Å². The van der Waals surface area contributed by atoms with Crippen molar-refractivity contribution in [3.8, 4) is 0 Å². The normalized spacial score (nSPS) is 22.2. The fourth-order valence-corrected chi connectivity index (χ4v) is 4.48. The molecule has 1 atom stereocenters. The number of alkyl halides is 3. The number of para-hydroxylation sites is 1. The number of methoxy groups -OCH3 is 1. The topological polar surface area (TPSA) is 56.3 Å². The first kappa shape index (κ1) is 18.8. The first-order valence-corrected chi connectivity index (χ1v) is 9.16. The largest absolute Gasteiger partial charge is 0.468 e. The van der Waals surface area contributed by atoms with Crippen LogP contribution in [0.15, 0.2) is 24.3 Å². The number of thiazole rings is 1. The molecule has 1 unspecified atom stereocenters. The molecule has 0 aliphatic heterocycles. The van der Waals surface area contributed by atoms with E-state index in [1.165, 1.54) is 18.4 Å². The van der Waals surface area contributed by atoms with Crippen LogP contribution in [0.5, 0.6) is 0 Å². The average molecular weight is 385 g/mol. The van der Waals surface area contributed by atoms with Crippen LogP contribution in [-0.4, -0.2) is 30.0 Å². The molecule has 0 saturated heterocycles. The molecule has 2 aromatic rings. The van der Waals surface area contributed by atoms with Gasteiger partial charge in [-0.2, -0.15) is 13.2 Å². The molecule has 1 saturated carbocycles. The Balaban J connectivity index is 1.82. The van der Waals surface area contributed by atoms with Crippen molar-refractivity contribution in [1.29, 1.82) is 0 Å². The van der Waals surface area contributed by atoms with Crippen LogP contribution in [0.2, 0.25) is 0 Å². The molecule has 4 nitrogen and oxygen atoms in total. The van der Waals surface area contributed by atoms with Gasteiger partial charge in [0.05, 0.1) is 23.2 Å². The maximum atomic E-state index is 12.9. The summed E-state index contributed by atoms with van der Waals surface area (Å²) in [6.45, 7) is 0. The van der Waals surface area contributed by atoms with E-state index >= 15 is 0 Å². The van der Waals surface area contributed by atoms with Crippen LogP contribution in [0, 0.1) is 11.8 Å². The number of Topliss-reactive ketones (excluding diaryl/α,β-unsaturated/α-hetero) is 1. The second kappa shape index (κ2) is 7.34. The molecule has 1 aromatic carbocycles. The molecule has 3 rings (SSSR count). The van der Waals surface area contributed by atoms with Gasteiger partial charge in [0, 0.05) is 5.92 Å². The van der Waals surface area contributed by atoms with Crippen LogP contribution < -0.4 is 0 Å². The summed E-state index contributed by atoms with van der Waals surface area (Å²) in [5.74, 6) is -4.23. The minimum atomic E-state index is -4.23. The van der Waals surface area contributed by atoms with Gasteiger partial charge >= 0.3 is 12.1 Å². The van der Waals surface area contributed by atoms with Crippen LogP contribution in [-0.2, 0) is 14.3 Å². The zero-order chi connectivity index (χ0) is 18.9. The molecule has 0 bridgehead atoms. The highest BCUT2D eigenvalue weighted by Crippen LogP contribution is 2.41. The molecular formula is C18H18F3NO3S. The highest BCUT2D eigenvalue weighted by atomic mass is 32.1. The van der Waals surface area contributed by atoms with Gasteiger partial charge in [-0.25, -0.2) is 4.98 Å². The number of hydrogen-bond acceptors (Lipinski definition) is 5. The third-order valence-corrected chi connectivity index (χ3v) is 5.97. The Morgan fingerprint density at radius 3 is 2.42 bits per heavy atom. The standard InChI is InChI=1S/C18H18F3NO3S/c1-25-17(24)14(16-22-12-4-2-3-5-13(12)26-16)15(23)10-6-8-11(9-7-10)18(19,20)21/h2-5,10-11,14H,6-9H2,1H3. The summed E-state index contributed by atoms with van der Waals surface area (Å²) < 4.78 is 44.1. The van der Waals surface area contributed by atoms with E-state index < -0.39 is 35.7 Å². The van der Waals surface area contributed by atoms with Crippen molar-refractivity contribution in [1.82, 2.24) is 4.98 Å². The van der Waals surface area contributed by atoms with Crippen molar-refractivity contribution in [2.75, 3.05) is 7.11 Å². The molecular weight excluding hydrogens is 367 g/mol. The van der Waals surface area contributed by atoms with E-state index in [9.17, 15) is 22.8 Å². The predicted octanol–water partition coefficient (Wildman–Crippen LogP) is 4.49. The summed E-state index contributed by atoms with van der Waals surface area (Å²) in [5.41, 5.74) is 0.676. The van der Waals surface area contributed by atoms with E-state index in [2.05, 4.69) is 4.98 Å². The summed E-state index contributed by atoms with van der Waals surface area (Å²) in [4.78, 5) is 29.5. The molecule has 26 heavy (non-hydrogen) atoms. The molecule has 1 aliphatic carbocycles. The van der Waals surface area contributed by atoms with Crippen molar-refractivity contribution >= 4 is 33.3 Å². The smallest absolute Gasteiger partial charge is 0.391 e. The molecule has 0 radical (unpaired) electrons. The molecule has 1 aliphatic rings. The van der Waals surface area contributed by atoms with Gasteiger partial charge in [0.15, 0.2) is 11.7 Å². The number of esters is 1. The third-order valence-electron chi connectivity index (χ3n) is 4.87. The monoisotopic (exact) mass is 385 g/mol. The highest BCUT2D eigenvalue weighted by molar-refractivity contribution is 7.18. The Morgan fingerprint density at radius 1 is 1.19 bits per heavy atom. The Kier molecular flexibility index (Phi) is 5.32. The molecule has 140 valence electrons. The van der Waals surface area contributed by atoms with E-state index in [1.54, 1.807) is 12.1 Å². The first-order chi connectivity index (χ1) is 12.3. The van der Waals surface area contributed by atoms with E-state index in [1.807, 2.05) is 12.1 Å². The van der Waals surface area contributed by atoms with E-state index in [0.29, 0.717) is 10.5 Å². The van der Waals surface area contributed by atoms with E-state index in [0.717, 1.165) is 4.70 Å². The number of halogens is 3. The third kappa shape index (κ3) is 3.75. The number of nitrogens with zero attached hydrogens (tertiary/aromatic N) is 1. The summed E-state index contributed by atoms with van der Waals surface area (Å²) in [5, 5.41) is 0.334. The summed E-state index contributed by atoms with van der Waals surface area (Å²) in [7, 11) is 1.19. The lowest BCUT2D eigenvalue weighted by Crippen LogP contribution is -2.34. The van der Waals surface area contributed by atoms with E-state index in [4.69, 9.17) is 4.74 Å². The number of fused-ring (bicyclic) bond motifs is 1. The maximum absolute atomic E-state index is 12.9.